The van der Waals surface area contributed by atoms with Crippen LogP contribution in [0.15, 0.2) is 0 Å². The molecule has 16 heavy (non-hydrogen) atoms. The molecule has 0 aromatic carbocycles. The van der Waals surface area contributed by atoms with Crippen molar-refractivity contribution in [3.05, 3.63) is 0 Å². The van der Waals surface area contributed by atoms with E-state index in [4.69, 9.17) is 0 Å². The van der Waals surface area contributed by atoms with Crippen LogP contribution in [-0.2, 0) is 10.0 Å². The molecule has 0 bridgehead atoms. The summed E-state index contributed by atoms with van der Waals surface area (Å²) in [5, 5.41) is 3.04. The Labute approximate surface area is 104 Å². The van der Waals surface area contributed by atoms with Gasteiger partial charge in [0.1, 0.15) is 0 Å². The zero-order valence-corrected chi connectivity index (χ0v) is 12.4. The lowest BCUT2D eigenvalue weighted by Crippen LogP contribution is -2.42. The van der Waals surface area contributed by atoms with Crippen molar-refractivity contribution in [1.29, 1.82) is 0 Å². The predicted molar refractivity (Wildman–Crippen MR) is 72.5 cm³/mol. The molecule has 0 aromatic heterocycles. The predicted octanol–water partition coefficient (Wildman–Crippen LogP) is 1.04. The van der Waals surface area contributed by atoms with Gasteiger partial charge in [0.05, 0.1) is 5.25 Å². The first-order valence-electron chi connectivity index (χ1n) is 5.54. The highest BCUT2D eigenvalue weighted by atomic mass is 32.2. The van der Waals surface area contributed by atoms with E-state index in [-0.39, 0.29) is 0 Å². The zero-order valence-electron chi connectivity index (χ0n) is 10.8. The SMILES string of the molecule is CSC(C)CNS(=O)(=O)C(C)CNC(C)C. The molecule has 6 heteroatoms. The highest BCUT2D eigenvalue weighted by Gasteiger charge is 2.20. The summed E-state index contributed by atoms with van der Waals surface area (Å²) in [6, 6.07) is 0.308. The van der Waals surface area contributed by atoms with Crippen LogP contribution in [0.25, 0.3) is 0 Å². The number of sulfonamides is 1. The van der Waals surface area contributed by atoms with E-state index < -0.39 is 15.3 Å². The second-order valence-corrected chi connectivity index (χ2v) is 7.77. The molecule has 0 heterocycles. The van der Waals surface area contributed by atoms with Crippen LogP contribution >= 0.6 is 11.8 Å². The van der Waals surface area contributed by atoms with Crippen molar-refractivity contribution in [2.75, 3.05) is 19.3 Å². The van der Waals surface area contributed by atoms with Gasteiger partial charge in [-0.3, -0.25) is 0 Å². The monoisotopic (exact) mass is 268 g/mol. The summed E-state index contributed by atoms with van der Waals surface area (Å²) < 4.78 is 26.3. The van der Waals surface area contributed by atoms with Gasteiger partial charge in [-0.2, -0.15) is 11.8 Å². The Balaban J connectivity index is 4.11. The van der Waals surface area contributed by atoms with Gasteiger partial charge in [-0.05, 0) is 13.2 Å². The topological polar surface area (TPSA) is 58.2 Å². The maximum Gasteiger partial charge on any atom is 0.215 e. The van der Waals surface area contributed by atoms with Gasteiger partial charge < -0.3 is 5.32 Å². The number of nitrogens with one attached hydrogen (secondary N) is 2. The van der Waals surface area contributed by atoms with Gasteiger partial charge in [-0.15, -0.1) is 0 Å². The molecule has 0 saturated heterocycles. The van der Waals surface area contributed by atoms with Gasteiger partial charge in [0, 0.05) is 24.4 Å². The summed E-state index contributed by atoms with van der Waals surface area (Å²) in [4.78, 5) is 0. The Morgan fingerprint density at radius 3 is 2.12 bits per heavy atom. The third kappa shape index (κ3) is 6.73. The molecule has 0 aliphatic heterocycles. The van der Waals surface area contributed by atoms with Crippen molar-refractivity contribution in [3.63, 3.8) is 0 Å². The minimum Gasteiger partial charge on any atom is -0.313 e. The van der Waals surface area contributed by atoms with Crippen LogP contribution < -0.4 is 10.0 Å². The second-order valence-electron chi connectivity index (χ2n) is 4.31. The molecule has 2 N–H and O–H groups in total. The second kappa shape index (κ2) is 7.53. The van der Waals surface area contributed by atoms with Crippen LogP contribution in [0.1, 0.15) is 27.7 Å². The van der Waals surface area contributed by atoms with Crippen LogP contribution in [0, 0.1) is 0 Å². The number of rotatable bonds is 8. The molecule has 0 fully saturated rings. The lowest BCUT2D eigenvalue weighted by Gasteiger charge is -2.17. The molecule has 2 unspecified atom stereocenters. The van der Waals surface area contributed by atoms with Gasteiger partial charge in [-0.25, -0.2) is 13.1 Å². The highest BCUT2D eigenvalue weighted by Crippen LogP contribution is 2.05. The van der Waals surface area contributed by atoms with Gasteiger partial charge in [0.2, 0.25) is 10.0 Å². The number of hydrogen-bond acceptors (Lipinski definition) is 4. The first-order chi connectivity index (χ1) is 7.29. The smallest absolute Gasteiger partial charge is 0.215 e. The molecule has 0 aromatic rings. The maximum absolute atomic E-state index is 11.8. The molecule has 2 atom stereocenters. The fourth-order valence-electron chi connectivity index (χ4n) is 0.970. The fourth-order valence-corrected chi connectivity index (χ4v) is 2.41. The van der Waals surface area contributed by atoms with Gasteiger partial charge in [0.15, 0.2) is 0 Å². The van der Waals surface area contributed by atoms with Gasteiger partial charge in [-0.1, -0.05) is 20.8 Å². The van der Waals surface area contributed by atoms with E-state index in [1.165, 1.54) is 0 Å². The van der Waals surface area contributed by atoms with E-state index in [1.807, 2.05) is 27.0 Å². The van der Waals surface area contributed by atoms with Crippen LogP contribution in [0.3, 0.4) is 0 Å². The lowest BCUT2D eigenvalue weighted by molar-refractivity contribution is 0.540. The molecule has 4 nitrogen and oxygen atoms in total. The van der Waals surface area contributed by atoms with Crippen LogP contribution in [0.2, 0.25) is 0 Å². The summed E-state index contributed by atoms with van der Waals surface area (Å²) in [7, 11) is -3.19. The number of hydrogen-bond donors (Lipinski definition) is 2. The minimum absolute atomic E-state index is 0.306. The summed E-state index contributed by atoms with van der Waals surface area (Å²) in [5.74, 6) is 0. The van der Waals surface area contributed by atoms with Crippen molar-refractivity contribution in [2.24, 2.45) is 0 Å². The average molecular weight is 268 g/mol. The summed E-state index contributed by atoms with van der Waals surface area (Å²) in [6.45, 7) is 8.72. The summed E-state index contributed by atoms with van der Waals surface area (Å²) in [6.07, 6.45) is 1.97. The minimum atomic E-state index is -3.19. The van der Waals surface area contributed by atoms with Crippen molar-refractivity contribution in [3.8, 4) is 0 Å². The molecule has 0 rings (SSSR count). The third-order valence-electron chi connectivity index (χ3n) is 2.32. The Kier molecular flexibility index (Phi) is 7.63. The normalized spacial score (nSPS) is 16.4. The number of thioether (sulfide) groups is 1. The van der Waals surface area contributed by atoms with Crippen molar-refractivity contribution in [1.82, 2.24) is 10.0 Å². The van der Waals surface area contributed by atoms with Crippen LogP contribution in [0.5, 0.6) is 0 Å². The molecule has 0 radical (unpaired) electrons. The molecule has 0 spiro atoms. The fraction of sp³-hybridized carbons (Fsp3) is 1.00. The van der Waals surface area contributed by atoms with Crippen LogP contribution in [0.4, 0.5) is 0 Å². The van der Waals surface area contributed by atoms with E-state index in [1.54, 1.807) is 18.7 Å². The molecule has 0 saturated carbocycles. The van der Waals surface area contributed by atoms with Crippen molar-refractivity contribution >= 4 is 21.8 Å². The quantitative estimate of drug-likeness (QED) is 0.691. The lowest BCUT2D eigenvalue weighted by atomic mass is 10.3. The highest BCUT2D eigenvalue weighted by molar-refractivity contribution is 7.99. The van der Waals surface area contributed by atoms with Crippen LogP contribution in [-0.4, -0.2) is 44.3 Å². The van der Waals surface area contributed by atoms with Crippen molar-refractivity contribution in [2.45, 2.75) is 44.2 Å². The van der Waals surface area contributed by atoms with Crippen molar-refractivity contribution < 1.29 is 8.42 Å². The molecule has 0 aliphatic rings. The Morgan fingerprint density at radius 2 is 1.69 bits per heavy atom. The first kappa shape index (κ1) is 16.2. The standard InChI is InChI=1S/C10H24N2O2S2/c1-8(2)11-7-10(4)16(13,14)12-6-9(3)15-5/h8-12H,6-7H2,1-5H3. The van der Waals surface area contributed by atoms with E-state index in [0.29, 0.717) is 24.4 Å². The van der Waals surface area contributed by atoms with E-state index in [0.717, 1.165) is 0 Å². The molecule has 0 amide bonds. The van der Waals surface area contributed by atoms with Gasteiger partial charge >= 0.3 is 0 Å². The molecular formula is C10H24N2O2S2. The average Bonchev–Trinajstić information content (AvgIpc) is 2.22. The zero-order chi connectivity index (χ0) is 12.8. The Hall–Kier alpha value is 0.220. The maximum atomic E-state index is 11.8. The first-order valence-corrected chi connectivity index (χ1v) is 8.37. The molecule has 0 aliphatic carbocycles. The Bertz CT molecular complexity index is 279. The van der Waals surface area contributed by atoms with E-state index in [9.17, 15) is 8.42 Å². The molecular weight excluding hydrogens is 244 g/mol. The van der Waals surface area contributed by atoms with E-state index in [2.05, 4.69) is 10.0 Å². The Morgan fingerprint density at radius 1 is 1.12 bits per heavy atom. The largest absolute Gasteiger partial charge is 0.313 e. The summed E-state index contributed by atoms with van der Waals surface area (Å²) >= 11 is 1.65. The summed E-state index contributed by atoms with van der Waals surface area (Å²) in [5.41, 5.74) is 0. The van der Waals surface area contributed by atoms with Gasteiger partial charge in [0.25, 0.3) is 0 Å². The van der Waals surface area contributed by atoms with E-state index >= 15 is 0 Å². The molecule has 98 valence electrons. The third-order valence-corrected chi connectivity index (χ3v) is 5.08.